The summed E-state index contributed by atoms with van der Waals surface area (Å²) < 4.78 is 53.7. The van der Waals surface area contributed by atoms with E-state index in [0.29, 0.717) is 0 Å². The van der Waals surface area contributed by atoms with Gasteiger partial charge in [-0.05, 0) is 30.2 Å². The van der Waals surface area contributed by atoms with Gasteiger partial charge in [-0.1, -0.05) is 19.6 Å². The van der Waals surface area contributed by atoms with Crippen LogP contribution in [0.2, 0.25) is 0 Å². The van der Waals surface area contributed by atoms with E-state index in [4.69, 9.17) is 0 Å². The fraction of sp³-hybridized carbons (Fsp3) is 0.217. The first-order valence-electron chi connectivity index (χ1n) is 9.21. The molecule has 0 radical (unpaired) electrons. The Kier molecular flexibility index (Phi) is 7.51. The summed E-state index contributed by atoms with van der Waals surface area (Å²) in [5.74, 6) is -5.09. The second-order valence-corrected chi connectivity index (χ2v) is 6.99. The van der Waals surface area contributed by atoms with Crippen LogP contribution in [0, 0.1) is 37.4 Å². The van der Waals surface area contributed by atoms with Crippen molar-refractivity contribution in [3.05, 3.63) is 97.5 Å². The minimum atomic E-state index is -4.52. The molecule has 0 bridgehead atoms. The van der Waals surface area contributed by atoms with E-state index in [1.54, 1.807) is 0 Å². The Labute approximate surface area is 178 Å². The molecule has 0 spiro atoms. The van der Waals surface area contributed by atoms with Gasteiger partial charge in [0.2, 0.25) is 0 Å². The van der Waals surface area contributed by atoms with Gasteiger partial charge in [0.1, 0.15) is 5.82 Å². The Balaban J connectivity index is 2.39. The van der Waals surface area contributed by atoms with Crippen molar-refractivity contribution in [3.63, 3.8) is 0 Å². The number of carboxylic acids is 1. The van der Waals surface area contributed by atoms with Crippen molar-refractivity contribution in [1.29, 1.82) is 0 Å². The number of allylic oxidation sites excluding steroid dienone is 5. The van der Waals surface area contributed by atoms with Crippen LogP contribution in [0.25, 0.3) is 0 Å². The maximum Gasteiger partial charge on any atom is 0.413 e. The van der Waals surface area contributed by atoms with Crippen LogP contribution in [0.3, 0.4) is 0 Å². The molecule has 0 fully saturated rings. The van der Waals surface area contributed by atoms with E-state index in [-0.39, 0.29) is 34.5 Å². The fourth-order valence-electron chi connectivity index (χ4n) is 3.33. The van der Waals surface area contributed by atoms with Crippen LogP contribution in [0.5, 0.6) is 0 Å². The molecule has 164 valence electrons. The van der Waals surface area contributed by atoms with Crippen molar-refractivity contribution in [2.45, 2.75) is 12.3 Å². The molecular weight excluding hydrogens is 414 g/mol. The normalized spacial score (nSPS) is 20.9. The zero-order valence-corrected chi connectivity index (χ0v) is 16.5. The number of carboxylic acid groups (broad SMARTS) is 1. The number of rotatable bonds is 8. The summed E-state index contributed by atoms with van der Waals surface area (Å²) in [4.78, 5) is 11.3. The van der Waals surface area contributed by atoms with E-state index in [9.17, 15) is 32.6 Å². The standard InChI is InChI=1S/C23H21F4NO3/c1-4-15-16(6-5-7-19(15)23(25,26)27)17(10-13(2)3)21(29)12-28-20-9-8-14(24)11-18(20)22(30)31/h4-11,15,19,21,28-29H,1-3,12H2/p+1. The first-order chi connectivity index (χ1) is 14.5. The Morgan fingerprint density at radius 2 is 2.10 bits per heavy atom. The van der Waals surface area contributed by atoms with Gasteiger partial charge in [0.15, 0.2) is 5.92 Å². The number of alkyl halides is 3. The van der Waals surface area contributed by atoms with E-state index < -0.39 is 35.9 Å². The van der Waals surface area contributed by atoms with Gasteiger partial charge in [-0.3, -0.25) is 0 Å². The number of anilines is 1. The first-order valence-corrected chi connectivity index (χ1v) is 9.21. The molecule has 1 aromatic rings. The molecule has 0 saturated heterocycles. The first kappa shape index (κ1) is 24.0. The lowest BCUT2D eigenvalue weighted by Crippen LogP contribution is -2.34. The number of aliphatic hydroxyl groups excluding tert-OH is 1. The highest BCUT2D eigenvalue weighted by molar-refractivity contribution is 5.94. The number of benzene rings is 1. The number of aromatic carboxylic acids is 1. The second-order valence-electron chi connectivity index (χ2n) is 6.99. The predicted molar refractivity (Wildman–Crippen MR) is 110 cm³/mol. The minimum Gasteiger partial charge on any atom is -0.478 e. The summed E-state index contributed by atoms with van der Waals surface area (Å²) in [7, 11) is 0. The van der Waals surface area contributed by atoms with Gasteiger partial charge < -0.3 is 15.5 Å². The lowest BCUT2D eigenvalue weighted by Gasteiger charge is -2.28. The van der Waals surface area contributed by atoms with Crippen LogP contribution in [-0.4, -0.2) is 35.0 Å². The third kappa shape index (κ3) is 5.88. The van der Waals surface area contributed by atoms with E-state index in [2.05, 4.69) is 25.4 Å². The quantitative estimate of drug-likeness (QED) is 0.307. The molecule has 3 unspecified atom stereocenters. The van der Waals surface area contributed by atoms with Crippen molar-refractivity contribution in [1.82, 2.24) is 0 Å². The molecule has 2 rings (SSSR count). The highest BCUT2D eigenvalue weighted by atomic mass is 19.4. The lowest BCUT2D eigenvalue weighted by atomic mass is 9.75. The van der Waals surface area contributed by atoms with E-state index in [1.165, 1.54) is 24.6 Å². The topological polar surface area (TPSA) is 69.6 Å². The summed E-state index contributed by atoms with van der Waals surface area (Å²) >= 11 is 0. The summed E-state index contributed by atoms with van der Waals surface area (Å²) in [5, 5.41) is 22.7. The van der Waals surface area contributed by atoms with Crippen LogP contribution in [0.1, 0.15) is 10.4 Å². The highest BCUT2D eigenvalue weighted by Gasteiger charge is 2.50. The molecule has 4 nitrogen and oxygen atoms in total. The maximum atomic E-state index is 13.5. The van der Waals surface area contributed by atoms with Crippen LogP contribution in [0.15, 0.2) is 66.3 Å². The molecule has 1 aliphatic rings. The fourth-order valence-corrected chi connectivity index (χ4v) is 3.33. The van der Waals surface area contributed by atoms with Gasteiger partial charge in [0.05, 0.1) is 41.7 Å². The summed E-state index contributed by atoms with van der Waals surface area (Å²) in [6, 6.07) is 3.07. The molecule has 1 aliphatic carbocycles. The zero-order valence-electron chi connectivity index (χ0n) is 16.5. The molecule has 31 heavy (non-hydrogen) atoms. The molecule has 0 aliphatic heterocycles. The number of aliphatic hydroxyl groups is 1. The Morgan fingerprint density at radius 1 is 1.42 bits per heavy atom. The Hall–Kier alpha value is -3.26. The molecule has 0 aromatic heterocycles. The van der Waals surface area contributed by atoms with Crippen molar-refractivity contribution < 1.29 is 32.6 Å². The van der Waals surface area contributed by atoms with Gasteiger partial charge in [0, 0.05) is 17.8 Å². The predicted octanol–water partition coefficient (Wildman–Crippen LogP) is 4.94. The third-order valence-corrected chi connectivity index (χ3v) is 4.72. The lowest BCUT2D eigenvalue weighted by molar-refractivity contribution is -0.171. The van der Waals surface area contributed by atoms with Gasteiger partial charge in [-0.15, -0.1) is 6.58 Å². The summed E-state index contributed by atoms with van der Waals surface area (Å²) in [6.07, 6.45) is 0.395. The van der Waals surface area contributed by atoms with Crippen molar-refractivity contribution in [3.8, 4) is 0 Å². The highest BCUT2D eigenvalue weighted by Crippen LogP contribution is 2.43. The molecule has 3 atom stereocenters. The average molecular weight is 436 g/mol. The smallest absolute Gasteiger partial charge is 0.413 e. The number of hydrogen-bond donors (Lipinski definition) is 3. The van der Waals surface area contributed by atoms with Crippen LogP contribution < -0.4 is 5.32 Å². The molecule has 1 aromatic carbocycles. The van der Waals surface area contributed by atoms with Crippen LogP contribution in [-0.2, 0) is 0 Å². The monoisotopic (exact) mass is 436 g/mol. The van der Waals surface area contributed by atoms with Crippen molar-refractivity contribution in [2.75, 3.05) is 11.9 Å². The molecule has 3 N–H and O–H groups in total. The van der Waals surface area contributed by atoms with Gasteiger partial charge >= 0.3 is 12.1 Å². The SMILES string of the molecule is C=CC1C(=C([CH+]C(=C)[CH2-])C(O)CNc2ccc(F)cc2C(=O)O)C=C[CH+]C1C(F)(F)F. The number of carbonyl (C=O) groups is 1. The van der Waals surface area contributed by atoms with Gasteiger partial charge in [-0.25, -0.2) is 9.18 Å². The van der Waals surface area contributed by atoms with Gasteiger partial charge in [-0.2, -0.15) is 13.2 Å². The van der Waals surface area contributed by atoms with E-state index >= 15 is 0 Å². The summed E-state index contributed by atoms with van der Waals surface area (Å²) in [6.45, 7) is 10.5. The molecule has 0 amide bonds. The molecule has 0 heterocycles. The Morgan fingerprint density at radius 3 is 2.65 bits per heavy atom. The average Bonchev–Trinajstić information content (AvgIpc) is 2.69. The number of halogens is 4. The maximum absolute atomic E-state index is 13.5. The Bertz CT molecular complexity index is 918. The summed E-state index contributed by atoms with van der Waals surface area (Å²) in [5.41, 5.74) is 0.280. The van der Waals surface area contributed by atoms with Crippen molar-refractivity contribution in [2.24, 2.45) is 11.8 Å². The second kappa shape index (κ2) is 9.70. The molecule has 8 heteroatoms. The zero-order chi connectivity index (χ0) is 23.3. The van der Waals surface area contributed by atoms with Crippen molar-refractivity contribution >= 4 is 11.7 Å². The largest absolute Gasteiger partial charge is 0.478 e. The van der Waals surface area contributed by atoms with Gasteiger partial charge in [0.25, 0.3) is 0 Å². The molecular formula is C23H22F4NO3+. The van der Waals surface area contributed by atoms with E-state index in [1.807, 2.05) is 0 Å². The molecule has 0 saturated carbocycles. The number of nitrogens with one attached hydrogen (secondary N) is 1. The third-order valence-electron chi connectivity index (χ3n) is 4.72. The minimum absolute atomic E-state index is 0.0479. The van der Waals surface area contributed by atoms with Crippen LogP contribution in [0.4, 0.5) is 23.2 Å². The van der Waals surface area contributed by atoms with Crippen LogP contribution >= 0.6 is 0 Å². The number of hydrogen-bond acceptors (Lipinski definition) is 3. The van der Waals surface area contributed by atoms with E-state index in [0.717, 1.165) is 24.6 Å².